The van der Waals surface area contributed by atoms with Crippen molar-refractivity contribution in [2.75, 3.05) is 23.4 Å². The summed E-state index contributed by atoms with van der Waals surface area (Å²) in [5, 5.41) is 12.8. The van der Waals surface area contributed by atoms with Crippen LogP contribution in [0.1, 0.15) is 38.8 Å². The summed E-state index contributed by atoms with van der Waals surface area (Å²) in [6.45, 7) is 10.5. The summed E-state index contributed by atoms with van der Waals surface area (Å²) >= 11 is 0. The number of anilines is 2. The lowest BCUT2D eigenvalue weighted by Gasteiger charge is -2.40. The molecule has 0 amide bonds. The molecule has 1 aromatic carbocycles. The van der Waals surface area contributed by atoms with E-state index in [9.17, 15) is 5.11 Å². The summed E-state index contributed by atoms with van der Waals surface area (Å²) in [7, 11) is 0. The van der Waals surface area contributed by atoms with Crippen molar-refractivity contribution in [2.24, 2.45) is 5.92 Å². The third kappa shape index (κ3) is 3.76. The van der Waals surface area contributed by atoms with Gasteiger partial charge in [0.25, 0.3) is 0 Å². The zero-order chi connectivity index (χ0) is 18.0. The molecule has 0 unspecified atom stereocenters. The lowest BCUT2D eigenvalue weighted by molar-refractivity contribution is 0.248. The van der Waals surface area contributed by atoms with Crippen LogP contribution >= 0.6 is 0 Å². The third-order valence-electron chi connectivity index (χ3n) is 4.97. The van der Waals surface area contributed by atoms with Crippen LogP contribution in [0.25, 0.3) is 0 Å². The highest BCUT2D eigenvalue weighted by Gasteiger charge is 2.32. The van der Waals surface area contributed by atoms with Crippen LogP contribution in [0, 0.1) is 5.92 Å². The van der Waals surface area contributed by atoms with Crippen molar-refractivity contribution in [2.45, 2.75) is 45.7 Å². The molecule has 2 heterocycles. The number of hydrogen-bond acceptors (Lipinski definition) is 5. The van der Waals surface area contributed by atoms with Gasteiger partial charge in [-0.3, -0.25) is 0 Å². The van der Waals surface area contributed by atoms with E-state index >= 15 is 0 Å². The Labute approximate surface area is 150 Å². The van der Waals surface area contributed by atoms with Crippen LogP contribution in [0.15, 0.2) is 36.5 Å². The molecule has 3 rings (SSSR count). The first-order chi connectivity index (χ1) is 11.9. The van der Waals surface area contributed by atoms with Gasteiger partial charge in [-0.15, -0.1) is 0 Å². The molecule has 0 bridgehead atoms. The maximum absolute atomic E-state index is 9.53. The number of benzene rings is 1. The van der Waals surface area contributed by atoms with E-state index in [1.807, 2.05) is 6.07 Å². The van der Waals surface area contributed by atoms with Crippen LogP contribution in [0.4, 0.5) is 11.8 Å². The molecule has 1 atom stereocenters. The van der Waals surface area contributed by atoms with E-state index in [1.54, 1.807) is 6.20 Å². The first kappa shape index (κ1) is 17.7. The van der Waals surface area contributed by atoms with E-state index < -0.39 is 0 Å². The Hall–Kier alpha value is -2.14. The SMILES string of the molecule is CC(C)[C@@H](CO)Nc1nccc(N2Cc3ccccc3C(C)(C)C2)n1. The third-order valence-corrected chi connectivity index (χ3v) is 4.97. The van der Waals surface area contributed by atoms with Crippen LogP contribution in [0.3, 0.4) is 0 Å². The van der Waals surface area contributed by atoms with Gasteiger partial charge in [-0.05, 0) is 23.1 Å². The second kappa shape index (κ2) is 7.00. The van der Waals surface area contributed by atoms with Crippen LogP contribution in [0.2, 0.25) is 0 Å². The average molecular weight is 340 g/mol. The number of aliphatic hydroxyl groups excluding tert-OH is 1. The van der Waals surface area contributed by atoms with Crippen molar-refractivity contribution in [3.63, 3.8) is 0 Å². The summed E-state index contributed by atoms with van der Waals surface area (Å²) in [6.07, 6.45) is 1.78. The molecule has 134 valence electrons. The van der Waals surface area contributed by atoms with Gasteiger partial charge < -0.3 is 15.3 Å². The van der Waals surface area contributed by atoms with Gasteiger partial charge in [0.2, 0.25) is 5.95 Å². The van der Waals surface area contributed by atoms with Gasteiger partial charge in [-0.25, -0.2) is 4.98 Å². The molecule has 2 aromatic rings. The number of hydrogen-bond donors (Lipinski definition) is 2. The van der Waals surface area contributed by atoms with Crippen LogP contribution in [-0.4, -0.2) is 34.3 Å². The Bertz CT molecular complexity index is 729. The van der Waals surface area contributed by atoms with Gasteiger partial charge in [0.15, 0.2) is 0 Å². The highest BCUT2D eigenvalue weighted by atomic mass is 16.3. The van der Waals surface area contributed by atoms with Crippen LogP contribution in [-0.2, 0) is 12.0 Å². The predicted molar refractivity (Wildman–Crippen MR) is 102 cm³/mol. The highest BCUT2D eigenvalue weighted by molar-refractivity contribution is 5.49. The number of nitrogens with one attached hydrogen (secondary N) is 1. The largest absolute Gasteiger partial charge is 0.394 e. The Balaban J connectivity index is 1.85. The number of fused-ring (bicyclic) bond motifs is 1. The van der Waals surface area contributed by atoms with E-state index in [4.69, 9.17) is 4.98 Å². The van der Waals surface area contributed by atoms with Gasteiger partial charge in [0.1, 0.15) is 5.82 Å². The molecule has 5 heteroatoms. The molecule has 1 aromatic heterocycles. The average Bonchev–Trinajstić information content (AvgIpc) is 2.59. The molecule has 1 aliphatic heterocycles. The normalized spacial score (nSPS) is 17.3. The summed E-state index contributed by atoms with van der Waals surface area (Å²) in [5.74, 6) is 1.79. The zero-order valence-corrected chi connectivity index (χ0v) is 15.5. The number of rotatable bonds is 5. The monoisotopic (exact) mass is 340 g/mol. The van der Waals surface area contributed by atoms with Crippen LogP contribution in [0.5, 0.6) is 0 Å². The zero-order valence-electron chi connectivity index (χ0n) is 15.5. The minimum absolute atomic E-state index is 0.0474. The highest BCUT2D eigenvalue weighted by Crippen LogP contribution is 2.35. The molecule has 0 radical (unpaired) electrons. The van der Waals surface area contributed by atoms with Gasteiger partial charge >= 0.3 is 0 Å². The Morgan fingerprint density at radius 3 is 2.72 bits per heavy atom. The van der Waals surface area contributed by atoms with E-state index in [1.165, 1.54) is 11.1 Å². The van der Waals surface area contributed by atoms with Crippen molar-refractivity contribution in [1.82, 2.24) is 9.97 Å². The second-order valence-electron chi connectivity index (χ2n) is 7.81. The summed E-state index contributed by atoms with van der Waals surface area (Å²) < 4.78 is 0. The van der Waals surface area contributed by atoms with E-state index in [2.05, 4.69) is 67.2 Å². The van der Waals surface area contributed by atoms with Crippen LogP contribution < -0.4 is 10.2 Å². The quantitative estimate of drug-likeness (QED) is 0.875. The fraction of sp³-hybridized carbons (Fsp3) is 0.500. The lowest BCUT2D eigenvalue weighted by atomic mass is 9.78. The van der Waals surface area contributed by atoms with Crippen molar-refractivity contribution < 1.29 is 5.11 Å². The van der Waals surface area contributed by atoms with Crippen molar-refractivity contribution in [3.05, 3.63) is 47.7 Å². The van der Waals surface area contributed by atoms with Gasteiger partial charge in [-0.2, -0.15) is 4.98 Å². The number of aromatic nitrogens is 2. The number of aliphatic hydroxyl groups is 1. The first-order valence-electron chi connectivity index (χ1n) is 8.94. The molecular weight excluding hydrogens is 312 g/mol. The number of nitrogens with zero attached hydrogens (tertiary/aromatic N) is 3. The molecule has 25 heavy (non-hydrogen) atoms. The molecule has 0 aliphatic carbocycles. The van der Waals surface area contributed by atoms with Crippen molar-refractivity contribution >= 4 is 11.8 Å². The standard InChI is InChI=1S/C20H28N4O/c1-14(2)17(12-25)22-19-21-10-9-18(23-19)24-11-15-7-5-6-8-16(15)20(3,4)13-24/h5-10,14,17,25H,11-13H2,1-4H3,(H,21,22,23)/t17-/m1/s1. The topological polar surface area (TPSA) is 61.3 Å². The fourth-order valence-corrected chi connectivity index (χ4v) is 3.49. The van der Waals surface area contributed by atoms with Gasteiger partial charge in [-0.1, -0.05) is 52.0 Å². The Morgan fingerprint density at radius 2 is 2.00 bits per heavy atom. The minimum Gasteiger partial charge on any atom is -0.394 e. The molecule has 5 nitrogen and oxygen atoms in total. The first-order valence-corrected chi connectivity index (χ1v) is 8.94. The van der Waals surface area contributed by atoms with E-state index in [-0.39, 0.29) is 18.1 Å². The predicted octanol–water partition coefficient (Wildman–Crippen LogP) is 3.20. The van der Waals surface area contributed by atoms with Crippen molar-refractivity contribution in [3.8, 4) is 0 Å². The fourth-order valence-electron chi connectivity index (χ4n) is 3.49. The maximum Gasteiger partial charge on any atom is 0.224 e. The molecule has 0 saturated carbocycles. The molecule has 2 N–H and O–H groups in total. The van der Waals surface area contributed by atoms with E-state index in [0.29, 0.717) is 11.9 Å². The molecule has 0 saturated heterocycles. The van der Waals surface area contributed by atoms with Gasteiger partial charge in [0, 0.05) is 24.7 Å². The molecular formula is C20H28N4O. The lowest BCUT2D eigenvalue weighted by Crippen LogP contribution is -2.42. The minimum atomic E-state index is -0.0474. The molecule has 0 spiro atoms. The summed E-state index contributed by atoms with van der Waals surface area (Å²) in [6, 6.07) is 10.6. The second-order valence-corrected chi connectivity index (χ2v) is 7.81. The maximum atomic E-state index is 9.53. The Kier molecular flexibility index (Phi) is 4.95. The summed E-state index contributed by atoms with van der Waals surface area (Å²) in [4.78, 5) is 11.3. The summed E-state index contributed by atoms with van der Waals surface area (Å²) in [5.41, 5.74) is 2.83. The van der Waals surface area contributed by atoms with Crippen molar-refractivity contribution in [1.29, 1.82) is 0 Å². The molecule has 1 aliphatic rings. The molecule has 0 fully saturated rings. The smallest absolute Gasteiger partial charge is 0.224 e. The Morgan fingerprint density at radius 1 is 1.24 bits per heavy atom. The van der Waals surface area contributed by atoms with Gasteiger partial charge in [0.05, 0.1) is 12.6 Å². The van der Waals surface area contributed by atoms with E-state index in [0.717, 1.165) is 18.9 Å².